The number of benzene rings is 2. The Hall–Kier alpha value is -1.71. The molecule has 0 amide bonds. The van der Waals surface area contributed by atoms with Crippen molar-refractivity contribution in [3.63, 3.8) is 0 Å². The second kappa shape index (κ2) is 5.24. The maximum atomic E-state index is 10.5. The van der Waals surface area contributed by atoms with Crippen LogP contribution in [0.15, 0.2) is 48.5 Å². The highest BCUT2D eigenvalue weighted by atomic mass is 32.1. The minimum Gasteiger partial charge on any atom is -0.388 e. The van der Waals surface area contributed by atoms with Crippen LogP contribution in [-0.2, 0) is 6.42 Å². The first-order valence-corrected chi connectivity index (χ1v) is 8.23. The minimum atomic E-state index is -0.468. The Morgan fingerprint density at radius 2 is 2.00 bits per heavy atom. The van der Waals surface area contributed by atoms with Crippen molar-refractivity contribution in [2.75, 3.05) is 0 Å². The molecule has 0 spiro atoms. The summed E-state index contributed by atoms with van der Waals surface area (Å²) in [6.45, 7) is 0. The van der Waals surface area contributed by atoms with E-state index < -0.39 is 6.10 Å². The number of hydrogen-bond acceptors (Lipinski definition) is 3. The zero-order valence-corrected chi connectivity index (χ0v) is 12.5. The molecule has 1 N–H and O–H groups in total. The summed E-state index contributed by atoms with van der Waals surface area (Å²) >= 11 is 1.67. The summed E-state index contributed by atoms with van der Waals surface area (Å²) in [5.41, 5.74) is 3.41. The highest BCUT2D eigenvalue weighted by molar-refractivity contribution is 7.18. The monoisotopic (exact) mass is 295 g/mol. The number of aliphatic hydroxyl groups is 1. The van der Waals surface area contributed by atoms with Gasteiger partial charge in [0.15, 0.2) is 0 Å². The van der Waals surface area contributed by atoms with Crippen LogP contribution in [0.3, 0.4) is 0 Å². The van der Waals surface area contributed by atoms with E-state index in [0.29, 0.717) is 6.42 Å². The van der Waals surface area contributed by atoms with Crippen molar-refractivity contribution in [2.45, 2.75) is 31.3 Å². The summed E-state index contributed by atoms with van der Waals surface area (Å²) in [6.07, 6.45) is 2.70. The number of thiazole rings is 1. The van der Waals surface area contributed by atoms with Gasteiger partial charge in [0, 0.05) is 6.42 Å². The van der Waals surface area contributed by atoms with Crippen LogP contribution in [0.4, 0.5) is 0 Å². The number of para-hydroxylation sites is 1. The van der Waals surface area contributed by atoms with Crippen molar-refractivity contribution >= 4 is 21.6 Å². The molecule has 1 fully saturated rings. The van der Waals surface area contributed by atoms with Crippen molar-refractivity contribution in [3.05, 3.63) is 64.7 Å². The molecular formula is C18H17NOS. The number of aromatic nitrogens is 1. The van der Waals surface area contributed by atoms with Crippen molar-refractivity contribution in [1.82, 2.24) is 4.98 Å². The lowest BCUT2D eigenvalue weighted by Crippen LogP contribution is -2.02. The molecule has 3 heteroatoms. The Bertz CT molecular complexity index is 742. The third-order valence-electron chi connectivity index (χ3n) is 4.05. The zero-order valence-electron chi connectivity index (χ0n) is 11.7. The lowest BCUT2D eigenvalue weighted by Gasteiger charge is -2.10. The van der Waals surface area contributed by atoms with Gasteiger partial charge in [-0.05, 0) is 42.0 Å². The van der Waals surface area contributed by atoms with Crippen LogP contribution in [0, 0.1) is 0 Å². The second-order valence-electron chi connectivity index (χ2n) is 5.74. The summed E-state index contributed by atoms with van der Waals surface area (Å²) in [4.78, 5) is 4.61. The quantitative estimate of drug-likeness (QED) is 0.771. The zero-order chi connectivity index (χ0) is 14.2. The topological polar surface area (TPSA) is 33.1 Å². The smallest absolute Gasteiger partial charge is 0.0967 e. The van der Waals surface area contributed by atoms with E-state index in [1.165, 1.54) is 23.1 Å². The SMILES string of the molecule is OC(Cc1nc2ccccc2s1)c1cccc(C2CC2)c1. The molecule has 1 aliphatic carbocycles. The fourth-order valence-electron chi connectivity index (χ4n) is 2.73. The van der Waals surface area contributed by atoms with E-state index in [2.05, 4.69) is 29.2 Å². The number of rotatable bonds is 4. The fourth-order valence-corrected chi connectivity index (χ4v) is 3.73. The van der Waals surface area contributed by atoms with Crippen LogP contribution in [0.1, 0.15) is 41.0 Å². The summed E-state index contributed by atoms with van der Waals surface area (Å²) < 4.78 is 1.19. The molecule has 1 atom stereocenters. The van der Waals surface area contributed by atoms with E-state index in [4.69, 9.17) is 0 Å². The van der Waals surface area contributed by atoms with Crippen LogP contribution in [-0.4, -0.2) is 10.1 Å². The molecule has 2 aromatic carbocycles. The van der Waals surface area contributed by atoms with Crippen molar-refractivity contribution in [3.8, 4) is 0 Å². The summed E-state index contributed by atoms with van der Waals surface area (Å²) in [5, 5.41) is 11.5. The average Bonchev–Trinajstić information content (AvgIpc) is 3.28. The lowest BCUT2D eigenvalue weighted by molar-refractivity contribution is 0.178. The van der Waals surface area contributed by atoms with E-state index in [1.54, 1.807) is 11.3 Å². The van der Waals surface area contributed by atoms with Gasteiger partial charge in [0.2, 0.25) is 0 Å². The van der Waals surface area contributed by atoms with Crippen LogP contribution >= 0.6 is 11.3 Å². The molecule has 1 aliphatic rings. The average molecular weight is 295 g/mol. The van der Waals surface area contributed by atoms with Gasteiger partial charge in [0.25, 0.3) is 0 Å². The molecule has 0 saturated heterocycles. The molecule has 4 rings (SSSR count). The Morgan fingerprint density at radius 1 is 1.14 bits per heavy atom. The fraction of sp³-hybridized carbons (Fsp3) is 0.278. The van der Waals surface area contributed by atoms with Crippen molar-refractivity contribution < 1.29 is 5.11 Å². The predicted molar refractivity (Wildman–Crippen MR) is 86.7 cm³/mol. The molecule has 0 bridgehead atoms. The first-order chi connectivity index (χ1) is 10.3. The molecule has 21 heavy (non-hydrogen) atoms. The van der Waals surface area contributed by atoms with Gasteiger partial charge in [-0.3, -0.25) is 0 Å². The summed E-state index contributed by atoms with van der Waals surface area (Å²) in [6, 6.07) is 16.5. The molecule has 106 valence electrons. The van der Waals surface area contributed by atoms with E-state index in [0.717, 1.165) is 22.0 Å². The third kappa shape index (κ3) is 2.71. The molecular weight excluding hydrogens is 278 g/mol. The number of aliphatic hydroxyl groups excluding tert-OH is 1. The molecule has 1 unspecified atom stereocenters. The first kappa shape index (κ1) is 13.0. The Labute approximate surface area is 128 Å². The molecule has 1 saturated carbocycles. The number of nitrogens with zero attached hydrogens (tertiary/aromatic N) is 1. The van der Waals surface area contributed by atoms with Crippen molar-refractivity contribution in [1.29, 1.82) is 0 Å². The van der Waals surface area contributed by atoms with Gasteiger partial charge in [-0.25, -0.2) is 4.98 Å². The van der Waals surface area contributed by atoms with Gasteiger partial charge in [-0.1, -0.05) is 36.4 Å². The minimum absolute atomic E-state index is 0.468. The van der Waals surface area contributed by atoms with E-state index in [9.17, 15) is 5.11 Å². The highest BCUT2D eigenvalue weighted by Crippen LogP contribution is 2.40. The van der Waals surface area contributed by atoms with Gasteiger partial charge in [0.1, 0.15) is 0 Å². The Kier molecular flexibility index (Phi) is 3.24. The van der Waals surface area contributed by atoms with Crippen LogP contribution in [0.5, 0.6) is 0 Å². The molecule has 1 heterocycles. The molecule has 0 radical (unpaired) electrons. The van der Waals surface area contributed by atoms with Gasteiger partial charge in [0.05, 0.1) is 21.3 Å². The van der Waals surface area contributed by atoms with E-state index in [-0.39, 0.29) is 0 Å². The van der Waals surface area contributed by atoms with E-state index >= 15 is 0 Å². The number of fused-ring (bicyclic) bond motifs is 1. The predicted octanol–water partition coefficient (Wildman–Crippen LogP) is 4.45. The highest BCUT2D eigenvalue weighted by Gasteiger charge is 2.24. The van der Waals surface area contributed by atoms with E-state index in [1.807, 2.05) is 24.3 Å². The van der Waals surface area contributed by atoms with Gasteiger partial charge < -0.3 is 5.11 Å². The second-order valence-corrected chi connectivity index (χ2v) is 6.85. The Balaban J connectivity index is 1.56. The normalized spacial score (nSPS) is 16.2. The van der Waals surface area contributed by atoms with Gasteiger partial charge in [-0.2, -0.15) is 0 Å². The standard InChI is InChI=1S/C18H17NOS/c20-16(14-5-3-4-13(10-14)12-8-9-12)11-18-19-15-6-1-2-7-17(15)21-18/h1-7,10,12,16,20H,8-9,11H2. The van der Waals surface area contributed by atoms with Crippen LogP contribution in [0.25, 0.3) is 10.2 Å². The molecule has 0 aliphatic heterocycles. The van der Waals surface area contributed by atoms with Gasteiger partial charge >= 0.3 is 0 Å². The van der Waals surface area contributed by atoms with Crippen molar-refractivity contribution in [2.24, 2.45) is 0 Å². The third-order valence-corrected chi connectivity index (χ3v) is 5.11. The Morgan fingerprint density at radius 3 is 2.81 bits per heavy atom. The lowest BCUT2D eigenvalue weighted by atomic mass is 10.0. The molecule has 3 aromatic rings. The van der Waals surface area contributed by atoms with Crippen LogP contribution < -0.4 is 0 Å². The first-order valence-electron chi connectivity index (χ1n) is 7.42. The molecule has 1 aromatic heterocycles. The molecule has 2 nitrogen and oxygen atoms in total. The number of hydrogen-bond donors (Lipinski definition) is 1. The maximum Gasteiger partial charge on any atom is 0.0967 e. The summed E-state index contributed by atoms with van der Waals surface area (Å²) in [5.74, 6) is 0.722. The largest absolute Gasteiger partial charge is 0.388 e. The van der Waals surface area contributed by atoms with Crippen LogP contribution in [0.2, 0.25) is 0 Å². The maximum absolute atomic E-state index is 10.5. The van der Waals surface area contributed by atoms with Gasteiger partial charge in [-0.15, -0.1) is 11.3 Å². The summed E-state index contributed by atoms with van der Waals surface area (Å²) in [7, 11) is 0.